The Morgan fingerprint density at radius 1 is 1.32 bits per heavy atom. The number of alkyl halides is 3. The molecule has 1 aromatic rings. The van der Waals surface area contributed by atoms with Crippen molar-refractivity contribution in [3.63, 3.8) is 0 Å². The fraction of sp³-hybridized carbons (Fsp3) is 0.417. The van der Waals surface area contributed by atoms with Crippen LogP contribution < -0.4 is 10.6 Å². The van der Waals surface area contributed by atoms with E-state index in [0.717, 1.165) is 0 Å². The zero-order valence-electron chi connectivity index (χ0n) is 10.3. The highest BCUT2D eigenvalue weighted by atomic mass is 19.4. The second-order valence-electron chi connectivity index (χ2n) is 3.95. The zero-order valence-corrected chi connectivity index (χ0v) is 10.3. The Morgan fingerprint density at radius 3 is 2.58 bits per heavy atom. The molecule has 2 N–H and O–H groups in total. The fourth-order valence-corrected chi connectivity index (χ4v) is 1.44. The second-order valence-corrected chi connectivity index (χ2v) is 3.95. The maximum Gasteiger partial charge on any atom is 0.416 e. The number of rotatable bonds is 5. The Morgan fingerprint density at radius 2 is 2.00 bits per heavy atom. The van der Waals surface area contributed by atoms with Gasteiger partial charge in [0.05, 0.1) is 11.3 Å². The van der Waals surface area contributed by atoms with E-state index in [2.05, 4.69) is 10.6 Å². The number of hydrogen-bond donors (Lipinski definition) is 2. The van der Waals surface area contributed by atoms with Gasteiger partial charge in [0.25, 0.3) is 0 Å². The number of amides is 1. The van der Waals surface area contributed by atoms with E-state index in [1.54, 1.807) is 7.05 Å². The lowest BCUT2D eigenvalue weighted by atomic mass is 10.2. The van der Waals surface area contributed by atoms with Crippen molar-refractivity contribution >= 4 is 11.6 Å². The molecule has 0 aliphatic carbocycles. The van der Waals surface area contributed by atoms with Gasteiger partial charge in [0.1, 0.15) is 5.82 Å². The van der Waals surface area contributed by atoms with Crippen molar-refractivity contribution in [3.05, 3.63) is 29.6 Å². The van der Waals surface area contributed by atoms with Crippen molar-refractivity contribution in [1.82, 2.24) is 5.32 Å². The van der Waals surface area contributed by atoms with Crippen LogP contribution in [0.4, 0.5) is 23.2 Å². The first-order chi connectivity index (χ1) is 8.84. The molecule has 1 amide bonds. The van der Waals surface area contributed by atoms with Crippen molar-refractivity contribution in [2.45, 2.75) is 19.0 Å². The van der Waals surface area contributed by atoms with Crippen LogP contribution in [0.25, 0.3) is 0 Å². The van der Waals surface area contributed by atoms with Gasteiger partial charge in [0.2, 0.25) is 5.91 Å². The van der Waals surface area contributed by atoms with Crippen molar-refractivity contribution in [3.8, 4) is 0 Å². The first-order valence-electron chi connectivity index (χ1n) is 5.66. The summed E-state index contributed by atoms with van der Waals surface area (Å²) in [5.74, 6) is -1.41. The first-order valence-corrected chi connectivity index (χ1v) is 5.66. The summed E-state index contributed by atoms with van der Waals surface area (Å²) in [6, 6.07) is 1.91. The van der Waals surface area contributed by atoms with E-state index in [0.29, 0.717) is 31.2 Å². The molecule has 0 bridgehead atoms. The summed E-state index contributed by atoms with van der Waals surface area (Å²) in [5, 5.41) is 4.96. The topological polar surface area (TPSA) is 41.1 Å². The summed E-state index contributed by atoms with van der Waals surface area (Å²) < 4.78 is 50.6. The molecule has 0 heterocycles. The molecule has 1 rings (SSSR count). The van der Waals surface area contributed by atoms with E-state index >= 15 is 0 Å². The first kappa shape index (κ1) is 15.4. The van der Waals surface area contributed by atoms with Gasteiger partial charge in [-0.15, -0.1) is 0 Å². The standard InChI is InChI=1S/C12H14F4N2O/c1-17-6-2-3-11(19)18-10-7-8(12(14,15)16)4-5-9(10)13/h4-5,7,17H,2-3,6H2,1H3,(H,18,19). The highest BCUT2D eigenvalue weighted by Crippen LogP contribution is 2.31. The predicted octanol–water partition coefficient (Wildman–Crippen LogP) is 2.78. The van der Waals surface area contributed by atoms with Gasteiger partial charge >= 0.3 is 6.18 Å². The molecule has 1 aromatic carbocycles. The van der Waals surface area contributed by atoms with Gasteiger partial charge in [-0.3, -0.25) is 4.79 Å². The largest absolute Gasteiger partial charge is 0.416 e. The highest BCUT2D eigenvalue weighted by molar-refractivity contribution is 5.90. The number of halogens is 4. The summed E-state index contributed by atoms with van der Waals surface area (Å²) in [7, 11) is 1.71. The normalized spacial score (nSPS) is 11.4. The van der Waals surface area contributed by atoms with Gasteiger partial charge in [-0.1, -0.05) is 0 Å². The van der Waals surface area contributed by atoms with Gasteiger partial charge in [-0.2, -0.15) is 13.2 Å². The lowest BCUT2D eigenvalue weighted by Gasteiger charge is -2.11. The summed E-state index contributed by atoms with van der Waals surface area (Å²) in [6.45, 7) is 0.596. The Hall–Kier alpha value is -1.63. The molecule has 0 fully saturated rings. The molecule has 0 unspecified atom stereocenters. The third-order valence-corrected chi connectivity index (χ3v) is 2.40. The third-order valence-electron chi connectivity index (χ3n) is 2.40. The lowest BCUT2D eigenvalue weighted by Crippen LogP contribution is -2.16. The van der Waals surface area contributed by atoms with Gasteiger partial charge in [-0.25, -0.2) is 4.39 Å². The molecule has 0 aliphatic rings. The average molecular weight is 278 g/mol. The van der Waals surface area contributed by atoms with Crippen LogP contribution in [0.1, 0.15) is 18.4 Å². The van der Waals surface area contributed by atoms with E-state index in [1.165, 1.54) is 0 Å². The molecule has 0 saturated carbocycles. The maximum atomic E-state index is 13.3. The Kier molecular flexibility index (Phi) is 5.29. The monoisotopic (exact) mass is 278 g/mol. The molecule has 106 valence electrons. The molecule has 3 nitrogen and oxygen atoms in total. The van der Waals surface area contributed by atoms with Crippen LogP contribution in [0.2, 0.25) is 0 Å². The minimum Gasteiger partial charge on any atom is -0.324 e. The highest BCUT2D eigenvalue weighted by Gasteiger charge is 2.31. The summed E-state index contributed by atoms with van der Waals surface area (Å²) in [5.41, 5.74) is -1.45. The minimum atomic E-state index is -4.57. The molecule has 0 saturated heterocycles. The third kappa shape index (κ3) is 4.86. The second kappa shape index (κ2) is 6.51. The van der Waals surface area contributed by atoms with Crippen LogP contribution in [0.3, 0.4) is 0 Å². The summed E-state index contributed by atoms with van der Waals surface area (Å²) >= 11 is 0. The fourth-order valence-electron chi connectivity index (χ4n) is 1.44. The zero-order chi connectivity index (χ0) is 14.5. The lowest BCUT2D eigenvalue weighted by molar-refractivity contribution is -0.137. The van der Waals surface area contributed by atoms with Crippen LogP contribution in [-0.4, -0.2) is 19.5 Å². The number of benzene rings is 1. The minimum absolute atomic E-state index is 0.108. The van der Waals surface area contributed by atoms with E-state index in [-0.39, 0.29) is 6.42 Å². The molecule has 0 atom stereocenters. The quantitative estimate of drug-likeness (QED) is 0.642. The predicted molar refractivity (Wildman–Crippen MR) is 63.2 cm³/mol. The average Bonchev–Trinajstić information content (AvgIpc) is 2.31. The van der Waals surface area contributed by atoms with Crippen LogP contribution in [0.5, 0.6) is 0 Å². The Labute approximate surface area is 108 Å². The van der Waals surface area contributed by atoms with Crippen LogP contribution in [0, 0.1) is 5.82 Å². The van der Waals surface area contributed by atoms with Crippen molar-refractivity contribution < 1.29 is 22.4 Å². The van der Waals surface area contributed by atoms with Crippen LogP contribution in [0.15, 0.2) is 18.2 Å². The van der Waals surface area contributed by atoms with Gasteiger partial charge < -0.3 is 10.6 Å². The van der Waals surface area contributed by atoms with E-state index in [1.807, 2.05) is 0 Å². The number of carbonyl (C=O) groups excluding carboxylic acids is 1. The summed E-state index contributed by atoms with van der Waals surface area (Å²) in [6.07, 6.45) is -3.95. The van der Waals surface area contributed by atoms with E-state index < -0.39 is 29.2 Å². The van der Waals surface area contributed by atoms with Gasteiger partial charge in [-0.05, 0) is 38.2 Å². The van der Waals surface area contributed by atoms with Gasteiger partial charge in [0, 0.05) is 6.42 Å². The molecule has 0 aromatic heterocycles. The van der Waals surface area contributed by atoms with Crippen LogP contribution in [-0.2, 0) is 11.0 Å². The number of carbonyl (C=O) groups is 1. The molecular weight excluding hydrogens is 264 g/mol. The number of hydrogen-bond acceptors (Lipinski definition) is 2. The molecule has 0 spiro atoms. The number of nitrogens with one attached hydrogen (secondary N) is 2. The smallest absolute Gasteiger partial charge is 0.324 e. The summed E-state index contributed by atoms with van der Waals surface area (Å²) in [4.78, 5) is 11.4. The maximum absolute atomic E-state index is 13.3. The SMILES string of the molecule is CNCCCC(=O)Nc1cc(C(F)(F)F)ccc1F. The number of anilines is 1. The van der Waals surface area contributed by atoms with Crippen molar-refractivity contribution in [2.75, 3.05) is 18.9 Å². The Bertz CT molecular complexity index is 446. The molecule has 0 aliphatic heterocycles. The van der Waals surface area contributed by atoms with Crippen molar-refractivity contribution in [1.29, 1.82) is 0 Å². The van der Waals surface area contributed by atoms with Crippen molar-refractivity contribution in [2.24, 2.45) is 0 Å². The Balaban J connectivity index is 2.74. The van der Waals surface area contributed by atoms with Gasteiger partial charge in [0.15, 0.2) is 0 Å². The molecule has 19 heavy (non-hydrogen) atoms. The molecule has 7 heteroatoms. The van der Waals surface area contributed by atoms with E-state index in [9.17, 15) is 22.4 Å². The van der Waals surface area contributed by atoms with Crippen LogP contribution >= 0.6 is 0 Å². The molecular formula is C12H14F4N2O. The molecule has 0 radical (unpaired) electrons. The van der Waals surface area contributed by atoms with E-state index in [4.69, 9.17) is 0 Å².